The number of carbonyl (C=O) groups is 2. The van der Waals surface area contributed by atoms with Crippen molar-refractivity contribution in [2.45, 2.75) is 6.18 Å². The van der Waals surface area contributed by atoms with E-state index in [1.54, 1.807) is 0 Å². The molecule has 1 aromatic rings. The average Bonchev–Trinajstić information content (AvgIpc) is 2.48. The van der Waals surface area contributed by atoms with Gasteiger partial charge < -0.3 is 21.1 Å². The van der Waals surface area contributed by atoms with Crippen LogP contribution in [0.3, 0.4) is 0 Å². The van der Waals surface area contributed by atoms with Crippen LogP contribution >= 0.6 is 12.4 Å². The van der Waals surface area contributed by atoms with E-state index in [-0.39, 0.29) is 44.4 Å². The summed E-state index contributed by atoms with van der Waals surface area (Å²) in [6, 6.07) is 4.23. The van der Waals surface area contributed by atoms with Crippen LogP contribution in [0.4, 0.5) is 13.2 Å². The molecule has 23 heavy (non-hydrogen) atoms. The van der Waals surface area contributed by atoms with Gasteiger partial charge in [-0.1, -0.05) is 0 Å². The van der Waals surface area contributed by atoms with Gasteiger partial charge in [0.15, 0.2) is 0 Å². The molecule has 0 spiro atoms. The number of alkyl halides is 3. The van der Waals surface area contributed by atoms with E-state index in [1.165, 1.54) is 12.1 Å². The molecule has 0 heterocycles. The molecule has 0 aromatic heterocycles. The van der Waals surface area contributed by atoms with Gasteiger partial charge in [-0.3, -0.25) is 9.59 Å². The third-order valence-electron chi connectivity index (χ3n) is 2.51. The Morgan fingerprint density at radius 2 is 1.70 bits per heavy atom. The Bertz CT molecular complexity index is 509. The first-order valence-electron chi connectivity index (χ1n) is 6.36. The third kappa shape index (κ3) is 8.27. The zero-order valence-corrected chi connectivity index (χ0v) is 12.8. The highest BCUT2D eigenvalue weighted by Crippen LogP contribution is 2.30. The van der Waals surface area contributed by atoms with Crippen LogP contribution in [0.25, 0.3) is 0 Å². The van der Waals surface area contributed by atoms with Gasteiger partial charge in [0.25, 0.3) is 0 Å². The van der Waals surface area contributed by atoms with Gasteiger partial charge in [0.2, 0.25) is 11.8 Å². The quantitative estimate of drug-likeness (QED) is 0.628. The summed E-state index contributed by atoms with van der Waals surface area (Å²) < 4.78 is 42.2. The molecule has 0 fully saturated rings. The van der Waals surface area contributed by atoms with Crippen LogP contribution in [0, 0.1) is 0 Å². The maximum atomic E-state index is 12.3. The standard InChI is InChI=1S/C13H16F3N3O3.ClH/c14-13(15,16)9-1-3-10(4-2-9)22-6-5-18-12(21)8-19-11(20)7-17;/h1-4H,5-8,17H2,(H,18,21)(H,19,20);1H. The highest BCUT2D eigenvalue weighted by Gasteiger charge is 2.29. The van der Waals surface area contributed by atoms with Crippen molar-refractivity contribution >= 4 is 24.2 Å². The van der Waals surface area contributed by atoms with Crippen LogP contribution in [0.1, 0.15) is 5.56 Å². The second kappa shape index (κ2) is 9.90. The first kappa shape index (κ1) is 21.0. The van der Waals surface area contributed by atoms with Gasteiger partial charge in [-0.05, 0) is 24.3 Å². The monoisotopic (exact) mass is 355 g/mol. The Morgan fingerprint density at radius 3 is 2.22 bits per heavy atom. The van der Waals surface area contributed by atoms with Crippen molar-refractivity contribution < 1.29 is 27.5 Å². The van der Waals surface area contributed by atoms with E-state index in [0.717, 1.165) is 12.1 Å². The molecule has 10 heteroatoms. The molecule has 0 aliphatic heterocycles. The number of amides is 2. The lowest BCUT2D eigenvalue weighted by Gasteiger charge is -2.10. The predicted molar refractivity (Wildman–Crippen MR) is 79.3 cm³/mol. The van der Waals surface area contributed by atoms with Gasteiger partial charge in [-0.15, -0.1) is 12.4 Å². The number of nitrogens with two attached hydrogens (primary N) is 1. The maximum absolute atomic E-state index is 12.3. The maximum Gasteiger partial charge on any atom is 0.416 e. The molecule has 1 aromatic carbocycles. The van der Waals surface area contributed by atoms with E-state index in [4.69, 9.17) is 10.5 Å². The molecule has 0 bridgehead atoms. The van der Waals surface area contributed by atoms with E-state index < -0.39 is 23.6 Å². The Morgan fingerprint density at radius 1 is 1.09 bits per heavy atom. The molecular weight excluding hydrogens is 339 g/mol. The molecule has 2 amide bonds. The minimum atomic E-state index is -4.39. The largest absolute Gasteiger partial charge is 0.492 e. The number of hydrogen-bond donors (Lipinski definition) is 3. The van der Waals surface area contributed by atoms with Gasteiger partial charge in [-0.2, -0.15) is 13.2 Å². The predicted octanol–water partition coefficient (Wildman–Crippen LogP) is 0.697. The molecule has 0 saturated carbocycles. The van der Waals surface area contributed by atoms with Crippen molar-refractivity contribution in [2.24, 2.45) is 5.73 Å². The van der Waals surface area contributed by atoms with Crippen molar-refractivity contribution in [2.75, 3.05) is 26.2 Å². The van der Waals surface area contributed by atoms with Crippen molar-refractivity contribution in [3.05, 3.63) is 29.8 Å². The summed E-state index contributed by atoms with van der Waals surface area (Å²) in [4.78, 5) is 22.1. The average molecular weight is 356 g/mol. The van der Waals surface area contributed by atoms with Crippen molar-refractivity contribution in [1.29, 1.82) is 0 Å². The molecule has 0 aliphatic carbocycles. The number of carbonyl (C=O) groups excluding carboxylic acids is 2. The molecule has 0 radical (unpaired) electrons. The highest BCUT2D eigenvalue weighted by atomic mass is 35.5. The van der Waals surface area contributed by atoms with Gasteiger partial charge in [0, 0.05) is 0 Å². The molecule has 130 valence electrons. The van der Waals surface area contributed by atoms with E-state index >= 15 is 0 Å². The molecule has 0 atom stereocenters. The van der Waals surface area contributed by atoms with Gasteiger partial charge in [-0.25, -0.2) is 0 Å². The van der Waals surface area contributed by atoms with Gasteiger partial charge in [0.1, 0.15) is 12.4 Å². The van der Waals surface area contributed by atoms with Crippen molar-refractivity contribution in [3.63, 3.8) is 0 Å². The van der Waals surface area contributed by atoms with Crippen molar-refractivity contribution in [3.8, 4) is 5.75 Å². The van der Waals surface area contributed by atoms with Gasteiger partial charge in [0.05, 0.1) is 25.2 Å². The van der Waals surface area contributed by atoms with E-state index in [1.807, 2.05) is 0 Å². The lowest BCUT2D eigenvalue weighted by Crippen LogP contribution is -2.40. The second-order valence-corrected chi connectivity index (χ2v) is 4.20. The first-order valence-corrected chi connectivity index (χ1v) is 6.36. The lowest BCUT2D eigenvalue weighted by molar-refractivity contribution is -0.137. The molecule has 1 rings (SSSR count). The fourth-order valence-electron chi connectivity index (χ4n) is 1.41. The number of hydrogen-bond acceptors (Lipinski definition) is 4. The normalized spacial score (nSPS) is 10.4. The zero-order chi connectivity index (χ0) is 16.6. The smallest absolute Gasteiger partial charge is 0.416 e. The summed E-state index contributed by atoms with van der Waals surface area (Å²) in [5, 5.41) is 4.76. The number of benzene rings is 1. The van der Waals surface area contributed by atoms with Crippen LogP contribution in [-0.2, 0) is 15.8 Å². The van der Waals surface area contributed by atoms with Crippen LogP contribution in [0.15, 0.2) is 24.3 Å². The molecule has 6 nitrogen and oxygen atoms in total. The lowest BCUT2D eigenvalue weighted by atomic mass is 10.2. The van der Waals surface area contributed by atoms with E-state index in [2.05, 4.69) is 10.6 Å². The number of nitrogens with one attached hydrogen (secondary N) is 2. The summed E-state index contributed by atoms with van der Waals surface area (Å²) in [6.07, 6.45) is -4.39. The fourth-order valence-corrected chi connectivity index (χ4v) is 1.41. The number of rotatable bonds is 7. The van der Waals surface area contributed by atoms with Crippen LogP contribution < -0.4 is 21.1 Å². The minimum Gasteiger partial charge on any atom is -0.492 e. The van der Waals surface area contributed by atoms with Crippen LogP contribution in [0.5, 0.6) is 5.75 Å². The SMILES string of the molecule is Cl.NCC(=O)NCC(=O)NCCOc1ccc(C(F)(F)F)cc1. The summed E-state index contributed by atoms with van der Waals surface area (Å²) >= 11 is 0. The second-order valence-electron chi connectivity index (χ2n) is 4.20. The Hall–Kier alpha value is -2.00. The number of ether oxygens (including phenoxy) is 1. The summed E-state index contributed by atoms with van der Waals surface area (Å²) in [5.74, 6) is -0.604. The molecule has 0 unspecified atom stereocenters. The Kier molecular flexibility index (Phi) is 9.04. The summed E-state index contributed by atoms with van der Waals surface area (Å²) in [6.45, 7) is -0.166. The van der Waals surface area contributed by atoms with E-state index in [0.29, 0.717) is 0 Å². The van der Waals surface area contributed by atoms with Crippen LogP contribution in [0.2, 0.25) is 0 Å². The molecule has 0 saturated heterocycles. The third-order valence-corrected chi connectivity index (χ3v) is 2.51. The zero-order valence-electron chi connectivity index (χ0n) is 12.0. The Labute approximate surface area is 137 Å². The van der Waals surface area contributed by atoms with Gasteiger partial charge >= 0.3 is 6.18 Å². The molecule has 4 N–H and O–H groups in total. The Balaban J connectivity index is 0.00000484. The first-order chi connectivity index (χ1) is 10.3. The van der Waals surface area contributed by atoms with Crippen molar-refractivity contribution in [1.82, 2.24) is 10.6 Å². The topological polar surface area (TPSA) is 93.5 Å². The highest BCUT2D eigenvalue weighted by molar-refractivity contribution is 5.85. The number of halogens is 4. The van der Waals surface area contributed by atoms with Crippen LogP contribution in [-0.4, -0.2) is 38.1 Å². The summed E-state index contributed by atoms with van der Waals surface area (Å²) in [7, 11) is 0. The van der Waals surface area contributed by atoms with E-state index in [9.17, 15) is 22.8 Å². The fraction of sp³-hybridized carbons (Fsp3) is 0.385. The molecular formula is C13H17ClF3N3O3. The summed E-state index contributed by atoms with van der Waals surface area (Å²) in [5.41, 5.74) is 4.29. The minimum absolute atomic E-state index is 0. The molecule has 0 aliphatic rings.